The lowest BCUT2D eigenvalue weighted by Crippen LogP contribution is -2.25. The topological polar surface area (TPSA) is 66.4 Å². The number of hydrogen-bond acceptors (Lipinski definition) is 3. The van der Waals surface area contributed by atoms with E-state index in [-0.39, 0.29) is 23.9 Å². The van der Waals surface area contributed by atoms with Crippen molar-refractivity contribution in [2.45, 2.75) is 6.42 Å². The van der Waals surface area contributed by atoms with Gasteiger partial charge in [-0.3, -0.25) is 9.59 Å². The average molecular weight is 297 g/mol. The number of nitrogens with one attached hydrogen (secondary N) is 1. The average Bonchev–Trinajstić information content (AvgIpc) is 2.40. The van der Waals surface area contributed by atoms with Crippen molar-refractivity contribution < 1.29 is 19.1 Å². The summed E-state index contributed by atoms with van der Waals surface area (Å²) in [5, 5.41) is 11.1. The Morgan fingerprint density at radius 1 is 1.30 bits per heavy atom. The van der Waals surface area contributed by atoms with E-state index in [4.69, 9.17) is 5.11 Å². The number of carbonyl (C=O) groups is 2. The number of rotatable bonds is 8. The van der Waals surface area contributed by atoms with Crippen molar-refractivity contribution in [3.05, 3.63) is 41.7 Å². The number of thioether (sulfide) groups is 1. The number of carbonyl (C=O) groups excluding carboxylic acids is 1. The van der Waals surface area contributed by atoms with Crippen LogP contribution in [0.15, 0.2) is 30.3 Å². The number of benzene rings is 1. The molecule has 0 saturated heterocycles. The Hall–Kier alpha value is -1.82. The normalized spacial score (nSPS) is 10.7. The Morgan fingerprint density at radius 2 is 2.00 bits per heavy atom. The lowest BCUT2D eigenvalue weighted by atomic mass is 10.2. The molecule has 1 aromatic carbocycles. The second kappa shape index (κ2) is 9.14. The fourth-order valence-electron chi connectivity index (χ4n) is 1.37. The molecule has 0 unspecified atom stereocenters. The third-order valence-corrected chi connectivity index (χ3v) is 3.22. The number of hydrogen-bond donors (Lipinski definition) is 2. The molecule has 0 bridgehead atoms. The number of carboxylic acids is 1. The van der Waals surface area contributed by atoms with Gasteiger partial charge < -0.3 is 10.4 Å². The van der Waals surface area contributed by atoms with Gasteiger partial charge in [0.15, 0.2) is 0 Å². The second-order valence-electron chi connectivity index (χ2n) is 3.95. The Bertz CT molecular complexity index is 474. The summed E-state index contributed by atoms with van der Waals surface area (Å²) >= 11 is 1.26. The Morgan fingerprint density at radius 3 is 2.65 bits per heavy atom. The Kier molecular flexibility index (Phi) is 7.42. The van der Waals surface area contributed by atoms with E-state index < -0.39 is 5.97 Å². The SMILES string of the molecule is O=C(O)CSCCNC(=O)C/C=C/c1ccc(F)cc1. The zero-order chi connectivity index (χ0) is 14.8. The molecule has 6 heteroatoms. The molecule has 1 aromatic rings. The van der Waals surface area contributed by atoms with Crippen molar-refractivity contribution in [2.75, 3.05) is 18.1 Å². The third-order valence-electron chi connectivity index (χ3n) is 2.28. The molecule has 1 rings (SSSR count). The minimum atomic E-state index is -0.858. The predicted molar refractivity (Wildman–Crippen MR) is 78.0 cm³/mol. The van der Waals surface area contributed by atoms with Gasteiger partial charge in [0.2, 0.25) is 5.91 Å². The van der Waals surface area contributed by atoms with Gasteiger partial charge in [0.25, 0.3) is 0 Å². The first-order chi connectivity index (χ1) is 9.58. The smallest absolute Gasteiger partial charge is 0.313 e. The molecule has 108 valence electrons. The van der Waals surface area contributed by atoms with Crippen molar-refractivity contribution in [1.82, 2.24) is 5.32 Å². The summed E-state index contributed by atoms with van der Waals surface area (Å²) in [5.74, 6) is -0.665. The van der Waals surface area contributed by atoms with E-state index in [1.54, 1.807) is 24.3 Å². The standard InChI is InChI=1S/C14H16FNO3S/c15-12-6-4-11(5-7-12)2-1-3-13(17)16-8-9-20-10-14(18)19/h1-2,4-7H,3,8-10H2,(H,16,17)(H,18,19)/b2-1+. The zero-order valence-corrected chi connectivity index (χ0v) is 11.7. The predicted octanol–water partition coefficient (Wildman–Crippen LogP) is 2.16. The molecule has 0 heterocycles. The van der Waals surface area contributed by atoms with Crippen LogP contribution in [0, 0.1) is 5.82 Å². The van der Waals surface area contributed by atoms with Crippen LogP contribution in [0.4, 0.5) is 4.39 Å². The summed E-state index contributed by atoms with van der Waals surface area (Å²) in [5.41, 5.74) is 0.830. The Balaban J connectivity index is 2.16. The van der Waals surface area contributed by atoms with E-state index in [1.807, 2.05) is 0 Å². The third kappa shape index (κ3) is 7.58. The minimum absolute atomic E-state index is 0.0420. The van der Waals surface area contributed by atoms with Crippen LogP contribution in [0.25, 0.3) is 6.08 Å². The van der Waals surface area contributed by atoms with Crippen LogP contribution >= 0.6 is 11.8 Å². The van der Waals surface area contributed by atoms with Crippen LogP contribution in [0.1, 0.15) is 12.0 Å². The maximum absolute atomic E-state index is 12.7. The summed E-state index contributed by atoms with van der Waals surface area (Å²) in [6.07, 6.45) is 3.69. The van der Waals surface area contributed by atoms with E-state index in [0.29, 0.717) is 12.3 Å². The van der Waals surface area contributed by atoms with Gasteiger partial charge in [-0.05, 0) is 17.7 Å². The van der Waals surface area contributed by atoms with Crippen molar-refractivity contribution in [1.29, 1.82) is 0 Å². The molecule has 0 aromatic heterocycles. The molecule has 0 fully saturated rings. The van der Waals surface area contributed by atoms with Crippen LogP contribution in [0.3, 0.4) is 0 Å². The van der Waals surface area contributed by atoms with Crippen LogP contribution in [-0.2, 0) is 9.59 Å². The maximum atomic E-state index is 12.7. The van der Waals surface area contributed by atoms with Crippen LogP contribution in [0.5, 0.6) is 0 Å². The molecule has 0 spiro atoms. The molecule has 2 N–H and O–H groups in total. The van der Waals surface area contributed by atoms with Gasteiger partial charge in [0, 0.05) is 18.7 Å². The zero-order valence-electron chi connectivity index (χ0n) is 10.8. The quantitative estimate of drug-likeness (QED) is 0.722. The van der Waals surface area contributed by atoms with Crippen molar-refractivity contribution in [3.8, 4) is 0 Å². The molecule has 0 aliphatic rings. The van der Waals surface area contributed by atoms with Crippen molar-refractivity contribution in [2.24, 2.45) is 0 Å². The van der Waals surface area contributed by atoms with Gasteiger partial charge in [-0.1, -0.05) is 24.3 Å². The van der Waals surface area contributed by atoms with Crippen molar-refractivity contribution >= 4 is 29.7 Å². The van der Waals surface area contributed by atoms with Gasteiger partial charge in [0.1, 0.15) is 5.82 Å². The molecular weight excluding hydrogens is 281 g/mol. The first kappa shape index (κ1) is 16.2. The van der Waals surface area contributed by atoms with E-state index >= 15 is 0 Å². The first-order valence-electron chi connectivity index (χ1n) is 6.06. The monoisotopic (exact) mass is 297 g/mol. The van der Waals surface area contributed by atoms with Gasteiger partial charge in [-0.25, -0.2) is 4.39 Å². The molecule has 0 saturated carbocycles. The number of halogens is 1. The summed E-state index contributed by atoms with van der Waals surface area (Å²) in [6.45, 7) is 0.446. The highest BCUT2D eigenvalue weighted by atomic mass is 32.2. The number of aliphatic carboxylic acids is 1. The maximum Gasteiger partial charge on any atom is 0.313 e. The highest BCUT2D eigenvalue weighted by Crippen LogP contribution is 2.05. The van der Waals surface area contributed by atoms with Gasteiger partial charge in [-0.2, -0.15) is 0 Å². The van der Waals surface area contributed by atoms with Crippen LogP contribution < -0.4 is 5.32 Å². The summed E-state index contributed by atoms with van der Waals surface area (Å²) in [4.78, 5) is 21.7. The molecule has 0 aliphatic heterocycles. The molecular formula is C14H16FNO3S. The van der Waals surface area contributed by atoms with E-state index in [1.165, 1.54) is 23.9 Å². The lowest BCUT2D eigenvalue weighted by molar-refractivity contribution is -0.133. The summed E-state index contributed by atoms with van der Waals surface area (Å²) < 4.78 is 12.7. The molecule has 0 aliphatic carbocycles. The molecule has 0 atom stereocenters. The van der Waals surface area contributed by atoms with E-state index in [2.05, 4.69) is 5.32 Å². The fraction of sp³-hybridized carbons (Fsp3) is 0.286. The van der Waals surface area contributed by atoms with Gasteiger partial charge in [0.05, 0.1) is 5.75 Å². The van der Waals surface area contributed by atoms with E-state index in [9.17, 15) is 14.0 Å². The lowest BCUT2D eigenvalue weighted by Gasteiger charge is -2.02. The van der Waals surface area contributed by atoms with E-state index in [0.717, 1.165) is 5.56 Å². The number of carboxylic acid groups (broad SMARTS) is 1. The summed E-state index contributed by atoms with van der Waals surface area (Å²) in [6, 6.07) is 5.98. The van der Waals surface area contributed by atoms with Gasteiger partial charge >= 0.3 is 5.97 Å². The number of amides is 1. The minimum Gasteiger partial charge on any atom is -0.481 e. The van der Waals surface area contributed by atoms with Crippen LogP contribution in [-0.4, -0.2) is 35.0 Å². The fourth-order valence-corrected chi connectivity index (χ4v) is 1.94. The first-order valence-corrected chi connectivity index (χ1v) is 7.22. The summed E-state index contributed by atoms with van der Waals surface area (Å²) in [7, 11) is 0. The highest BCUT2D eigenvalue weighted by molar-refractivity contribution is 7.99. The van der Waals surface area contributed by atoms with Crippen molar-refractivity contribution in [3.63, 3.8) is 0 Å². The molecule has 0 radical (unpaired) electrons. The van der Waals surface area contributed by atoms with Crippen LogP contribution in [0.2, 0.25) is 0 Å². The molecule has 1 amide bonds. The largest absolute Gasteiger partial charge is 0.481 e. The Labute approximate surface area is 121 Å². The second-order valence-corrected chi connectivity index (χ2v) is 5.06. The molecule has 20 heavy (non-hydrogen) atoms. The highest BCUT2D eigenvalue weighted by Gasteiger charge is 1.99. The van der Waals surface area contributed by atoms with Gasteiger partial charge in [-0.15, -0.1) is 11.8 Å². The molecule has 4 nitrogen and oxygen atoms in total.